The number of piperazine rings is 1. The van der Waals surface area contributed by atoms with E-state index in [9.17, 15) is 4.79 Å². The Kier molecular flexibility index (Phi) is 5.97. The largest absolute Gasteiger partial charge is 0.439 e. The van der Waals surface area contributed by atoms with Gasteiger partial charge < -0.3 is 14.5 Å². The number of carbonyl (C=O) groups excluding carboxylic acids is 1. The number of hydrogen-bond donors (Lipinski definition) is 0. The number of ether oxygens (including phenoxy) is 1. The van der Waals surface area contributed by atoms with Crippen molar-refractivity contribution in [2.24, 2.45) is 5.92 Å². The minimum atomic E-state index is 0.175. The van der Waals surface area contributed by atoms with Crippen LogP contribution in [0.5, 0.6) is 11.6 Å². The van der Waals surface area contributed by atoms with Crippen molar-refractivity contribution < 1.29 is 9.53 Å². The highest BCUT2D eigenvalue weighted by Gasteiger charge is 2.32. The highest BCUT2D eigenvalue weighted by molar-refractivity contribution is 5.79. The number of amides is 1. The molecule has 4 rings (SSSR count). The van der Waals surface area contributed by atoms with Crippen molar-refractivity contribution in [3.05, 3.63) is 42.2 Å². The fourth-order valence-corrected chi connectivity index (χ4v) is 4.44. The summed E-state index contributed by atoms with van der Waals surface area (Å²) in [7, 11) is 0. The third-order valence-corrected chi connectivity index (χ3v) is 6.03. The topological polar surface area (TPSA) is 58.6 Å². The molecule has 1 unspecified atom stereocenters. The van der Waals surface area contributed by atoms with E-state index in [1.807, 2.05) is 37.3 Å². The first-order valence-electron chi connectivity index (χ1n) is 10.7. The molecule has 1 saturated carbocycles. The number of carbonyl (C=O) groups is 1. The summed E-state index contributed by atoms with van der Waals surface area (Å²) in [5.74, 6) is 2.73. The van der Waals surface area contributed by atoms with Crippen LogP contribution >= 0.6 is 0 Å². The fourth-order valence-electron chi connectivity index (χ4n) is 4.44. The molecule has 6 heteroatoms. The van der Waals surface area contributed by atoms with Gasteiger partial charge in [-0.15, -0.1) is 0 Å². The van der Waals surface area contributed by atoms with Crippen LogP contribution in [0.3, 0.4) is 0 Å². The second-order valence-corrected chi connectivity index (χ2v) is 8.29. The van der Waals surface area contributed by atoms with Crippen molar-refractivity contribution >= 4 is 11.7 Å². The van der Waals surface area contributed by atoms with Gasteiger partial charge in [-0.2, -0.15) is 0 Å². The van der Waals surface area contributed by atoms with Gasteiger partial charge in [0.2, 0.25) is 11.8 Å². The van der Waals surface area contributed by atoms with Gasteiger partial charge in [0, 0.05) is 37.7 Å². The molecule has 1 aliphatic carbocycles. The third kappa shape index (κ3) is 4.69. The minimum Gasteiger partial charge on any atom is -0.439 e. The summed E-state index contributed by atoms with van der Waals surface area (Å²) >= 11 is 0. The average molecular weight is 395 g/mol. The molecule has 1 aliphatic heterocycles. The maximum atomic E-state index is 13.0. The zero-order valence-corrected chi connectivity index (χ0v) is 17.4. The summed E-state index contributed by atoms with van der Waals surface area (Å²) in [6, 6.07) is 9.97. The fraction of sp³-hybridized carbons (Fsp3) is 0.522. The molecule has 1 aromatic heterocycles. The first-order valence-corrected chi connectivity index (χ1v) is 10.7. The Morgan fingerprint density at radius 3 is 2.69 bits per heavy atom. The lowest BCUT2D eigenvalue weighted by Gasteiger charge is -2.42. The van der Waals surface area contributed by atoms with E-state index < -0.39 is 0 Å². The van der Waals surface area contributed by atoms with Gasteiger partial charge in [0.15, 0.2) is 0 Å². The van der Waals surface area contributed by atoms with Gasteiger partial charge in [0.1, 0.15) is 17.9 Å². The van der Waals surface area contributed by atoms with Crippen molar-refractivity contribution in [2.45, 2.75) is 52.0 Å². The Morgan fingerprint density at radius 2 is 1.93 bits per heavy atom. The van der Waals surface area contributed by atoms with E-state index in [1.165, 1.54) is 19.3 Å². The number of rotatable bonds is 4. The van der Waals surface area contributed by atoms with Crippen LogP contribution in [0, 0.1) is 12.8 Å². The Labute approximate surface area is 172 Å². The van der Waals surface area contributed by atoms with Gasteiger partial charge in [-0.1, -0.05) is 31.4 Å². The second-order valence-electron chi connectivity index (χ2n) is 8.29. The second kappa shape index (κ2) is 8.80. The molecule has 29 heavy (non-hydrogen) atoms. The van der Waals surface area contributed by atoms with Crippen molar-refractivity contribution in [3.8, 4) is 11.6 Å². The average Bonchev–Trinajstić information content (AvgIpc) is 2.74. The molecule has 1 amide bonds. The van der Waals surface area contributed by atoms with Gasteiger partial charge in [-0.05, 0) is 44.4 Å². The number of anilines is 1. The molecule has 2 aromatic rings. The monoisotopic (exact) mass is 394 g/mol. The predicted octanol–water partition coefficient (Wildman–Crippen LogP) is 4.19. The molecule has 0 radical (unpaired) electrons. The first-order chi connectivity index (χ1) is 14.1. The summed E-state index contributed by atoms with van der Waals surface area (Å²) in [5, 5.41) is 0. The molecular weight excluding hydrogens is 364 g/mol. The maximum Gasteiger partial charge on any atom is 0.226 e. The van der Waals surface area contributed by atoms with Gasteiger partial charge in [0.25, 0.3) is 0 Å². The standard InChI is InChI=1S/C23H30N4O2/c1-17-7-6-10-20(13-17)29-22-14-21(24-16-25-22)26-11-12-27(18(2)15-26)23(28)19-8-4-3-5-9-19/h6-7,10,13-14,16,18-19H,3-5,8-9,11-12,15H2,1-2H3. The summed E-state index contributed by atoms with van der Waals surface area (Å²) in [6.45, 7) is 6.48. The van der Waals surface area contributed by atoms with Crippen molar-refractivity contribution in [1.29, 1.82) is 0 Å². The Morgan fingerprint density at radius 1 is 1.10 bits per heavy atom. The van der Waals surface area contributed by atoms with Crippen LogP contribution < -0.4 is 9.64 Å². The quantitative estimate of drug-likeness (QED) is 0.778. The molecular formula is C23H30N4O2. The molecule has 2 heterocycles. The maximum absolute atomic E-state index is 13.0. The van der Waals surface area contributed by atoms with E-state index in [1.54, 1.807) is 6.33 Å². The van der Waals surface area contributed by atoms with Crippen LogP contribution in [0.1, 0.15) is 44.6 Å². The highest BCUT2D eigenvalue weighted by Crippen LogP contribution is 2.28. The lowest BCUT2D eigenvalue weighted by molar-refractivity contribution is -0.139. The summed E-state index contributed by atoms with van der Waals surface area (Å²) < 4.78 is 5.91. The van der Waals surface area contributed by atoms with Crippen LogP contribution in [0.2, 0.25) is 0 Å². The lowest BCUT2D eigenvalue weighted by atomic mass is 9.88. The molecule has 1 atom stereocenters. The van der Waals surface area contributed by atoms with E-state index in [0.717, 1.165) is 49.6 Å². The summed E-state index contributed by atoms with van der Waals surface area (Å²) in [4.78, 5) is 26.0. The minimum absolute atomic E-state index is 0.175. The van der Waals surface area contributed by atoms with Gasteiger partial charge in [-0.3, -0.25) is 4.79 Å². The van der Waals surface area contributed by atoms with Gasteiger partial charge in [-0.25, -0.2) is 9.97 Å². The normalized spacial score (nSPS) is 20.6. The van der Waals surface area contributed by atoms with Crippen LogP contribution in [0.15, 0.2) is 36.7 Å². The molecule has 1 aromatic carbocycles. The van der Waals surface area contributed by atoms with Crippen molar-refractivity contribution in [2.75, 3.05) is 24.5 Å². The smallest absolute Gasteiger partial charge is 0.226 e. The molecule has 0 N–H and O–H groups in total. The summed E-state index contributed by atoms with van der Waals surface area (Å²) in [6.07, 6.45) is 7.30. The predicted molar refractivity (Wildman–Crippen MR) is 113 cm³/mol. The molecule has 2 fully saturated rings. The van der Waals surface area contributed by atoms with E-state index in [-0.39, 0.29) is 12.0 Å². The molecule has 154 valence electrons. The van der Waals surface area contributed by atoms with Crippen molar-refractivity contribution in [1.82, 2.24) is 14.9 Å². The number of benzene rings is 1. The summed E-state index contributed by atoms with van der Waals surface area (Å²) in [5.41, 5.74) is 1.14. The Hall–Kier alpha value is -2.63. The molecule has 2 aliphatic rings. The lowest BCUT2D eigenvalue weighted by Crippen LogP contribution is -2.55. The Balaban J connectivity index is 1.40. The molecule has 0 spiro atoms. The third-order valence-electron chi connectivity index (χ3n) is 6.03. The molecule has 0 bridgehead atoms. The number of aromatic nitrogens is 2. The SMILES string of the molecule is Cc1cccc(Oc2cc(N3CCN(C(=O)C4CCCCC4)C(C)C3)ncn2)c1. The van der Waals surface area contributed by atoms with Gasteiger partial charge in [0.05, 0.1) is 0 Å². The number of hydrogen-bond acceptors (Lipinski definition) is 5. The number of nitrogens with zero attached hydrogens (tertiary/aromatic N) is 4. The van der Waals surface area contributed by atoms with E-state index in [0.29, 0.717) is 11.8 Å². The van der Waals surface area contributed by atoms with E-state index >= 15 is 0 Å². The first kappa shape index (κ1) is 19.7. The number of aryl methyl sites for hydroxylation is 1. The Bertz CT molecular complexity index is 850. The van der Waals surface area contributed by atoms with E-state index in [2.05, 4.69) is 26.7 Å². The highest BCUT2D eigenvalue weighted by atomic mass is 16.5. The van der Waals surface area contributed by atoms with E-state index in [4.69, 9.17) is 4.74 Å². The molecule has 6 nitrogen and oxygen atoms in total. The van der Waals surface area contributed by atoms with Crippen LogP contribution in [0.4, 0.5) is 5.82 Å². The zero-order valence-electron chi connectivity index (χ0n) is 17.4. The van der Waals surface area contributed by atoms with Crippen molar-refractivity contribution in [3.63, 3.8) is 0 Å². The van der Waals surface area contributed by atoms with Crippen LogP contribution in [-0.4, -0.2) is 46.5 Å². The van der Waals surface area contributed by atoms with Crippen LogP contribution in [0.25, 0.3) is 0 Å². The molecule has 1 saturated heterocycles. The van der Waals surface area contributed by atoms with Gasteiger partial charge >= 0.3 is 0 Å². The van der Waals surface area contributed by atoms with Crippen LogP contribution in [-0.2, 0) is 4.79 Å². The zero-order chi connectivity index (χ0) is 20.2.